The summed E-state index contributed by atoms with van der Waals surface area (Å²) < 4.78 is 5.29. The first-order valence-corrected chi connectivity index (χ1v) is 8.56. The van der Waals surface area contributed by atoms with Gasteiger partial charge in [0.15, 0.2) is 11.6 Å². The summed E-state index contributed by atoms with van der Waals surface area (Å²) in [7, 11) is 1.62. The number of aromatic nitrogens is 2. The summed E-state index contributed by atoms with van der Waals surface area (Å²) in [5.74, 6) is 1.71. The van der Waals surface area contributed by atoms with E-state index in [1.165, 1.54) is 19.3 Å². The monoisotopic (exact) mass is 341 g/mol. The van der Waals surface area contributed by atoms with E-state index in [0.717, 1.165) is 24.3 Å². The molecule has 1 aromatic heterocycles. The molecular formula is C18H23N5O2. The number of hydrogen-bond acceptors (Lipinski definition) is 5. The Balaban J connectivity index is 1.55. The zero-order chi connectivity index (χ0) is 17.5. The summed E-state index contributed by atoms with van der Waals surface area (Å²) in [6.45, 7) is 0. The molecule has 1 fully saturated rings. The van der Waals surface area contributed by atoms with Crippen molar-refractivity contribution in [3.8, 4) is 5.75 Å². The van der Waals surface area contributed by atoms with Gasteiger partial charge < -0.3 is 15.4 Å². The molecule has 1 aromatic carbocycles. The van der Waals surface area contributed by atoms with Crippen LogP contribution in [0.5, 0.6) is 5.75 Å². The van der Waals surface area contributed by atoms with E-state index in [0.29, 0.717) is 11.6 Å². The van der Waals surface area contributed by atoms with E-state index >= 15 is 0 Å². The van der Waals surface area contributed by atoms with Gasteiger partial charge in [0.2, 0.25) is 0 Å². The molecule has 3 N–H and O–H groups in total. The van der Waals surface area contributed by atoms with Crippen molar-refractivity contribution in [1.29, 1.82) is 0 Å². The summed E-state index contributed by atoms with van der Waals surface area (Å²) >= 11 is 0. The number of carbonyl (C=O) groups excluding carboxylic acids is 1. The van der Waals surface area contributed by atoms with E-state index in [1.54, 1.807) is 19.2 Å². The van der Waals surface area contributed by atoms with Gasteiger partial charge in [0.1, 0.15) is 5.75 Å². The molecule has 1 heterocycles. The number of para-hydroxylation sites is 2. The summed E-state index contributed by atoms with van der Waals surface area (Å²) in [4.78, 5) is 12.0. The molecule has 0 aliphatic heterocycles. The average Bonchev–Trinajstić information content (AvgIpc) is 2.64. The van der Waals surface area contributed by atoms with Gasteiger partial charge in [0.25, 0.3) is 0 Å². The molecule has 0 atom stereocenters. The van der Waals surface area contributed by atoms with Crippen molar-refractivity contribution in [2.75, 3.05) is 17.7 Å². The highest BCUT2D eigenvalue weighted by atomic mass is 16.5. The SMILES string of the molecule is COc1ccccc1Nc1ccc(NC(=O)NC2CCCCC2)nn1. The molecule has 0 unspecified atom stereocenters. The van der Waals surface area contributed by atoms with E-state index in [9.17, 15) is 4.79 Å². The van der Waals surface area contributed by atoms with Crippen LogP contribution in [-0.2, 0) is 0 Å². The number of benzene rings is 1. The Kier molecular flexibility index (Phi) is 5.66. The van der Waals surface area contributed by atoms with Crippen LogP contribution in [0.4, 0.5) is 22.1 Å². The average molecular weight is 341 g/mol. The highest BCUT2D eigenvalue weighted by molar-refractivity contribution is 5.88. The van der Waals surface area contributed by atoms with Crippen molar-refractivity contribution < 1.29 is 9.53 Å². The summed E-state index contributed by atoms with van der Waals surface area (Å²) in [6.07, 6.45) is 5.69. The minimum Gasteiger partial charge on any atom is -0.495 e. The van der Waals surface area contributed by atoms with E-state index in [2.05, 4.69) is 26.1 Å². The van der Waals surface area contributed by atoms with Gasteiger partial charge in [-0.05, 0) is 37.1 Å². The molecular weight excluding hydrogens is 318 g/mol. The minimum absolute atomic E-state index is 0.230. The lowest BCUT2D eigenvalue weighted by atomic mass is 9.96. The largest absolute Gasteiger partial charge is 0.495 e. The summed E-state index contributed by atoms with van der Waals surface area (Å²) in [5, 5.41) is 17.0. The molecule has 0 spiro atoms. The molecule has 3 rings (SSSR count). The maximum absolute atomic E-state index is 12.0. The van der Waals surface area contributed by atoms with Crippen molar-refractivity contribution in [2.24, 2.45) is 0 Å². The van der Waals surface area contributed by atoms with Crippen LogP contribution in [0.15, 0.2) is 36.4 Å². The predicted octanol–water partition coefficient (Wildman–Crippen LogP) is 3.68. The topological polar surface area (TPSA) is 88.2 Å². The lowest BCUT2D eigenvalue weighted by Gasteiger charge is -2.22. The molecule has 1 aliphatic carbocycles. The van der Waals surface area contributed by atoms with Gasteiger partial charge in [-0.2, -0.15) is 0 Å². The van der Waals surface area contributed by atoms with E-state index in [-0.39, 0.29) is 12.1 Å². The molecule has 2 amide bonds. The first-order chi connectivity index (χ1) is 12.2. The number of nitrogens with zero attached hydrogens (tertiary/aromatic N) is 2. The van der Waals surface area contributed by atoms with Gasteiger partial charge in [-0.3, -0.25) is 5.32 Å². The highest BCUT2D eigenvalue weighted by Crippen LogP contribution is 2.26. The lowest BCUT2D eigenvalue weighted by Crippen LogP contribution is -2.39. The third-order valence-electron chi connectivity index (χ3n) is 4.22. The standard InChI is InChI=1S/C18H23N5O2/c1-25-15-10-6-5-9-14(15)20-16-11-12-17(23-22-16)21-18(24)19-13-7-3-2-4-8-13/h5-6,9-13H,2-4,7-8H2,1H3,(H,20,22)(H2,19,21,23,24). The normalized spacial score (nSPS) is 14.6. The molecule has 1 aliphatic rings. The zero-order valence-electron chi connectivity index (χ0n) is 14.3. The fourth-order valence-electron chi connectivity index (χ4n) is 2.94. The number of carbonyl (C=O) groups is 1. The Hall–Kier alpha value is -2.83. The maximum Gasteiger partial charge on any atom is 0.320 e. The fourth-order valence-corrected chi connectivity index (χ4v) is 2.94. The zero-order valence-corrected chi connectivity index (χ0v) is 14.3. The van der Waals surface area contributed by atoms with Gasteiger partial charge in [-0.25, -0.2) is 4.79 Å². The third-order valence-corrected chi connectivity index (χ3v) is 4.22. The van der Waals surface area contributed by atoms with Gasteiger partial charge >= 0.3 is 6.03 Å². The second kappa shape index (κ2) is 8.32. The lowest BCUT2D eigenvalue weighted by molar-refractivity contribution is 0.244. The summed E-state index contributed by atoms with van der Waals surface area (Å²) in [6, 6.07) is 11.1. The van der Waals surface area contributed by atoms with Crippen molar-refractivity contribution in [3.05, 3.63) is 36.4 Å². The third kappa shape index (κ3) is 4.82. The number of ether oxygens (including phenoxy) is 1. The molecule has 2 aromatic rings. The number of anilines is 3. The first-order valence-electron chi connectivity index (χ1n) is 8.56. The quantitative estimate of drug-likeness (QED) is 0.772. The Bertz CT molecular complexity index is 699. The summed E-state index contributed by atoms with van der Waals surface area (Å²) in [5.41, 5.74) is 0.801. The number of hydrogen-bond donors (Lipinski definition) is 3. The second-order valence-electron chi connectivity index (χ2n) is 6.06. The molecule has 0 saturated heterocycles. The molecule has 7 heteroatoms. The minimum atomic E-state index is -0.230. The Morgan fingerprint density at radius 2 is 1.76 bits per heavy atom. The van der Waals surface area contributed by atoms with E-state index in [1.807, 2.05) is 24.3 Å². The van der Waals surface area contributed by atoms with Crippen LogP contribution >= 0.6 is 0 Å². The van der Waals surface area contributed by atoms with Crippen molar-refractivity contribution in [2.45, 2.75) is 38.1 Å². The fraction of sp³-hybridized carbons (Fsp3) is 0.389. The first kappa shape index (κ1) is 17.0. The van der Waals surface area contributed by atoms with Crippen LogP contribution in [-0.4, -0.2) is 29.4 Å². The molecule has 0 radical (unpaired) electrons. The van der Waals surface area contributed by atoms with Crippen molar-refractivity contribution in [3.63, 3.8) is 0 Å². The Labute approximate surface area is 147 Å². The number of rotatable bonds is 5. The number of amides is 2. The highest BCUT2D eigenvalue weighted by Gasteiger charge is 2.15. The smallest absolute Gasteiger partial charge is 0.320 e. The van der Waals surface area contributed by atoms with Crippen LogP contribution in [0.25, 0.3) is 0 Å². The molecule has 7 nitrogen and oxygen atoms in total. The van der Waals surface area contributed by atoms with E-state index in [4.69, 9.17) is 4.74 Å². The van der Waals surface area contributed by atoms with Gasteiger partial charge in [-0.15, -0.1) is 10.2 Å². The molecule has 25 heavy (non-hydrogen) atoms. The maximum atomic E-state index is 12.0. The van der Waals surface area contributed by atoms with Crippen LogP contribution in [0.2, 0.25) is 0 Å². The predicted molar refractivity (Wildman–Crippen MR) is 97.3 cm³/mol. The molecule has 132 valence electrons. The van der Waals surface area contributed by atoms with Crippen LogP contribution in [0.3, 0.4) is 0 Å². The van der Waals surface area contributed by atoms with Gasteiger partial charge in [0.05, 0.1) is 12.8 Å². The second-order valence-corrected chi connectivity index (χ2v) is 6.06. The Morgan fingerprint density at radius 3 is 2.48 bits per heavy atom. The van der Waals surface area contributed by atoms with Gasteiger partial charge in [0, 0.05) is 6.04 Å². The molecule has 1 saturated carbocycles. The van der Waals surface area contributed by atoms with Crippen LogP contribution < -0.4 is 20.7 Å². The van der Waals surface area contributed by atoms with Crippen LogP contribution in [0, 0.1) is 0 Å². The number of methoxy groups -OCH3 is 1. The van der Waals surface area contributed by atoms with E-state index < -0.39 is 0 Å². The van der Waals surface area contributed by atoms with Gasteiger partial charge in [-0.1, -0.05) is 31.4 Å². The Morgan fingerprint density at radius 1 is 1.04 bits per heavy atom. The van der Waals surface area contributed by atoms with Crippen molar-refractivity contribution in [1.82, 2.24) is 15.5 Å². The number of nitrogens with one attached hydrogen (secondary N) is 3. The number of urea groups is 1. The van der Waals surface area contributed by atoms with Crippen molar-refractivity contribution >= 4 is 23.4 Å². The molecule has 0 bridgehead atoms. The van der Waals surface area contributed by atoms with Crippen LogP contribution in [0.1, 0.15) is 32.1 Å².